The molecule has 0 aliphatic rings. The van der Waals surface area contributed by atoms with E-state index in [1.165, 1.54) is 4.90 Å². The highest BCUT2D eigenvalue weighted by Crippen LogP contribution is 1.87. The lowest BCUT2D eigenvalue weighted by Gasteiger charge is -2.01. The van der Waals surface area contributed by atoms with Gasteiger partial charge >= 0.3 is 0 Å². The average Bonchev–Trinajstić information content (AvgIpc) is 2.15. The lowest BCUT2D eigenvalue weighted by Crippen LogP contribution is -2.09. The molecule has 1 N–H and O–H groups in total. The van der Waals surface area contributed by atoms with Crippen molar-refractivity contribution in [1.82, 2.24) is 25.5 Å². The largest absolute Gasteiger partial charge is 0.293 e. The molecule has 0 spiro atoms. The van der Waals surface area contributed by atoms with Gasteiger partial charge < -0.3 is 0 Å². The third-order valence-electron chi connectivity index (χ3n) is 0.780. The highest BCUT2D eigenvalue weighted by molar-refractivity contribution is 4.74. The fourth-order valence-corrected chi connectivity index (χ4v) is 0.473. The number of hydrogen-bond donors (Lipinski definition) is 1. The van der Waals surface area contributed by atoms with Crippen LogP contribution in [0.3, 0.4) is 0 Å². The topological polar surface area (TPSA) is 57.7 Å². The number of aromatic nitrogens is 4. The maximum absolute atomic E-state index is 5.30. The van der Waals surface area contributed by atoms with Crippen LogP contribution in [-0.4, -0.2) is 32.6 Å². The zero-order valence-corrected chi connectivity index (χ0v) is 5.07. The summed E-state index contributed by atoms with van der Waals surface area (Å²) in [6, 6.07) is 0. The Morgan fingerprint density at radius 1 is 1.78 bits per heavy atom. The molecule has 0 saturated heterocycles. The molecule has 1 heterocycles. The zero-order valence-electron chi connectivity index (χ0n) is 5.07. The predicted molar refractivity (Wildman–Crippen MR) is 29.9 cm³/mol. The summed E-state index contributed by atoms with van der Waals surface area (Å²) < 4.78 is 0. The number of rotatable bonds is 2. The number of hydrogen-bond acceptors (Lipinski definition) is 4. The molecule has 0 atom stereocenters. The fourth-order valence-electron chi connectivity index (χ4n) is 0.473. The van der Waals surface area contributed by atoms with Crippen LogP contribution in [0.15, 0.2) is 0 Å². The van der Waals surface area contributed by atoms with Gasteiger partial charge in [-0.25, -0.2) is 0 Å². The Morgan fingerprint density at radius 2 is 2.56 bits per heavy atom. The van der Waals surface area contributed by atoms with Crippen molar-refractivity contribution >= 4 is 0 Å². The lowest BCUT2D eigenvalue weighted by molar-refractivity contribution is 0.430. The van der Waals surface area contributed by atoms with E-state index < -0.39 is 0 Å². The van der Waals surface area contributed by atoms with Crippen LogP contribution < -0.4 is 0 Å². The summed E-state index contributed by atoms with van der Waals surface area (Å²) in [7, 11) is 7.03. The molecule has 0 saturated carbocycles. The van der Waals surface area contributed by atoms with Crippen LogP contribution in [-0.2, 0) is 6.54 Å². The second-order valence-electron chi connectivity index (χ2n) is 1.74. The van der Waals surface area contributed by atoms with E-state index in [2.05, 4.69) is 20.6 Å². The predicted octanol–water partition coefficient (Wildman–Crippen LogP) is -0.700. The van der Waals surface area contributed by atoms with Crippen LogP contribution >= 0.6 is 0 Å². The van der Waals surface area contributed by atoms with Gasteiger partial charge in [-0.05, 0) is 7.05 Å². The van der Waals surface area contributed by atoms with Gasteiger partial charge in [-0.2, -0.15) is 5.21 Å². The number of H-pyrrole nitrogens is 1. The molecular weight excluding hydrogens is 118 g/mol. The molecule has 2 radical (unpaired) electrons. The summed E-state index contributed by atoms with van der Waals surface area (Å²) >= 11 is 0. The Labute approximate surface area is 53.1 Å². The van der Waals surface area contributed by atoms with Gasteiger partial charge in [-0.1, -0.05) is 5.21 Å². The summed E-state index contributed by atoms with van der Waals surface area (Å²) in [6.45, 7) is 0.510. The molecule has 0 bridgehead atoms. The summed E-state index contributed by atoms with van der Waals surface area (Å²) in [6.07, 6.45) is 0. The Bertz CT molecular complexity index is 155. The van der Waals surface area contributed by atoms with Gasteiger partial charge in [-0.15, -0.1) is 10.2 Å². The van der Waals surface area contributed by atoms with Gasteiger partial charge in [0.05, 0.1) is 6.54 Å². The van der Waals surface area contributed by atoms with Crippen LogP contribution in [0.4, 0.5) is 0 Å². The van der Waals surface area contributed by atoms with E-state index >= 15 is 0 Å². The summed E-state index contributed by atoms with van der Waals surface area (Å²) in [5.74, 6) is 0.597. The molecule has 0 aliphatic carbocycles. The van der Waals surface area contributed by atoms with Gasteiger partial charge in [0.2, 0.25) is 0 Å². The maximum Gasteiger partial charge on any atom is 0.188 e. The first-order valence-corrected chi connectivity index (χ1v) is 2.47. The number of aromatic amines is 1. The van der Waals surface area contributed by atoms with Gasteiger partial charge in [-0.3, -0.25) is 4.90 Å². The first-order chi connectivity index (χ1) is 4.29. The van der Waals surface area contributed by atoms with Crippen molar-refractivity contribution in [3.63, 3.8) is 0 Å². The van der Waals surface area contributed by atoms with Gasteiger partial charge in [0, 0.05) is 7.05 Å². The quantitative estimate of drug-likeness (QED) is 0.531. The minimum atomic E-state index is 0.510. The van der Waals surface area contributed by atoms with Crippen molar-refractivity contribution in [2.24, 2.45) is 0 Å². The van der Waals surface area contributed by atoms with E-state index in [9.17, 15) is 0 Å². The van der Waals surface area contributed by atoms with E-state index in [1.54, 1.807) is 7.05 Å². The van der Waals surface area contributed by atoms with E-state index in [0.29, 0.717) is 12.4 Å². The summed E-state index contributed by atoms with van der Waals surface area (Å²) in [5, 5.41) is 13.1. The third-order valence-corrected chi connectivity index (χ3v) is 0.780. The first-order valence-electron chi connectivity index (χ1n) is 2.47. The molecule has 0 unspecified atom stereocenters. The molecule has 9 heavy (non-hydrogen) atoms. The molecule has 0 aromatic carbocycles. The minimum Gasteiger partial charge on any atom is -0.293 e. The molecule has 1 aromatic heterocycles. The van der Waals surface area contributed by atoms with Crippen LogP contribution in [0.25, 0.3) is 0 Å². The lowest BCUT2D eigenvalue weighted by atomic mass is 10.6. The second-order valence-corrected chi connectivity index (χ2v) is 1.74. The molecule has 0 amide bonds. The van der Waals surface area contributed by atoms with Crippen molar-refractivity contribution in [3.05, 3.63) is 12.9 Å². The van der Waals surface area contributed by atoms with Gasteiger partial charge in [0.1, 0.15) is 0 Å². The second kappa shape index (κ2) is 2.54. The molecule has 1 aromatic rings. The number of tetrazole rings is 1. The summed E-state index contributed by atoms with van der Waals surface area (Å²) in [5.41, 5.74) is 0. The molecule has 1 rings (SSSR count). The van der Waals surface area contributed by atoms with Crippen molar-refractivity contribution in [1.29, 1.82) is 0 Å². The van der Waals surface area contributed by atoms with E-state index in [0.717, 1.165) is 0 Å². The molecule has 48 valence electrons. The van der Waals surface area contributed by atoms with Crippen LogP contribution in [0, 0.1) is 7.05 Å². The van der Waals surface area contributed by atoms with Crippen molar-refractivity contribution in [3.8, 4) is 0 Å². The monoisotopic (exact) mass is 125 g/mol. The van der Waals surface area contributed by atoms with Gasteiger partial charge in [0.15, 0.2) is 5.82 Å². The van der Waals surface area contributed by atoms with E-state index in [4.69, 9.17) is 7.05 Å². The van der Waals surface area contributed by atoms with E-state index in [-0.39, 0.29) is 0 Å². The number of nitrogens with zero attached hydrogens (tertiary/aromatic N) is 4. The molecule has 0 fully saturated rings. The third kappa shape index (κ3) is 1.77. The maximum atomic E-state index is 5.30. The Morgan fingerprint density at radius 3 is 3.00 bits per heavy atom. The zero-order chi connectivity index (χ0) is 6.69. The highest BCUT2D eigenvalue weighted by Gasteiger charge is 1.97. The normalized spacial score (nSPS) is 10.6. The summed E-state index contributed by atoms with van der Waals surface area (Å²) in [4.78, 5) is 1.48. The Kier molecular flexibility index (Phi) is 1.74. The minimum absolute atomic E-state index is 0.510. The molecule has 5 heteroatoms. The Balaban J connectivity index is 2.48. The van der Waals surface area contributed by atoms with Crippen molar-refractivity contribution in [2.45, 2.75) is 6.54 Å². The van der Waals surface area contributed by atoms with Gasteiger partial charge in [0.25, 0.3) is 0 Å². The van der Waals surface area contributed by atoms with Crippen LogP contribution in [0.1, 0.15) is 5.82 Å². The SMILES string of the molecule is [CH]N(C)Cc1nn[nH]n1. The molecular formula is C4H7N5. The van der Waals surface area contributed by atoms with Crippen molar-refractivity contribution in [2.75, 3.05) is 7.05 Å². The Hall–Kier alpha value is -0.970. The van der Waals surface area contributed by atoms with E-state index in [1.807, 2.05) is 0 Å². The standard InChI is InChI=1S/C4H7N5/c1-9(2)3-4-5-7-8-6-4/h1H,3H2,2H3,(H,5,6,7,8). The first kappa shape index (κ1) is 6.15. The highest BCUT2D eigenvalue weighted by atomic mass is 15.5. The van der Waals surface area contributed by atoms with Crippen LogP contribution in [0.5, 0.6) is 0 Å². The fraction of sp³-hybridized carbons (Fsp3) is 0.500. The average molecular weight is 125 g/mol. The number of nitrogens with one attached hydrogen (secondary N) is 1. The van der Waals surface area contributed by atoms with Crippen LogP contribution in [0.2, 0.25) is 0 Å². The smallest absolute Gasteiger partial charge is 0.188 e. The molecule has 0 aliphatic heterocycles. The molecule has 5 nitrogen and oxygen atoms in total. The van der Waals surface area contributed by atoms with Crippen molar-refractivity contribution < 1.29 is 0 Å².